The summed E-state index contributed by atoms with van der Waals surface area (Å²) in [5.41, 5.74) is 1.90. The Balaban J connectivity index is 2.86. The monoisotopic (exact) mass is 133 g/mol. The van der Waals surface area contributed by atoms with Gasteiger partial charge in [-0.1, -0.05) is 0 Å². The van der Waals surface area contributed by atoms with Gasteiger partial charge in [-0.25, -0.2) is 4.98 Å². The van der Waals surface area contributed by atoms with E-state index in [0.717, 1.165) is 11.3 Å². The Hall–Kier alpha value is -1.38. The van der Waals surface area contributed by atoms with Gasteiger partial charge in [-0.05, 0) is 6.92 Å². The number of aromatic nitrogens is 3. The van der Waals surface area contributed by atoms with Gasteiger partial charge in [0, 0.05) is 18.6 Å². The van der Waals surface area contributed by atoms with Crippen LogP contribution in [0.3, 0.4) is 0 Å². The molecule has 0 N–H and O–H groups in total. The van der Waals surface area contributed by atoms with E-state index in [0.29, 0.717) is 0 Å². The number of nitrogens with zero attached hydrogens (tertiary/aromatic N) is 3. The Bertz CT molecular complexity index is 350. The summed E-state index contributed by atoms with van der Waals surface area (Å²) in [6.45, 7) is 1.96. The van der Waals surface area contributed by atoms with Crippen LogP contribution in [0, 0.1) is 6.92 Å². The first-order chi connectivity index (χ1) is 4.86. The lowest BCUT2D eigenvalue weighted by Crippen LogP contribution is -1.87. The highest BCUT2D eigenvalue weighted by molar-refractivity contribution is 5.34. The predicted molar refractivity (Wildman–Crippen MR) is 37.7 cm³/mol. The average molecular weight is 133 g/mol. The van der Waals surface area contributed by atoms with Gasteiger partial charge in [-0.2, -0.15) is 0 Å². The van der Waals surface area contributed by atoms with Gasteiger partial charge in [-0.15, -0.1) is 0 Å². The van der Waals surface area contributed by atoms with E-state index in [1.54, 1.807) is 12.4 Å². The first kappa shape index (κ1) is 5.41. The van der Waals surface area contributed by atoms with Crippen LogP contribution in [0.25, 0.3) is 5.65 Å². The molecule has 0 aliphatic heterocycles. The number of aryl methyl sites for hydroxylation is 1. The first-order valence-corrected chi connectivity index (χ1v) is 3.11. The Kier molecular flexibility index (Phi) is 0.974. The van der Waals surface area contributed by atoms with Crippen molar-refractivity contribution in [3.8, 4) is 0 Å². The maximum Gasteiger partial charge on any atom is 0.155 e. The van der Waals surface area contributed by atoms with Crippen LogP contribution in [-0.4, -0.2) is 14.4 Å². The standard InChI is InChI=1S/C7H7N3/c1-6-5-10-3-2-8-7(10)4-9-6/h2-5H,1H3. The fourth-order valence-corrected chi connectivity index (χ4v) is 0.928. The van der Waals surface area contributed by atoms with Gasteiger partial charge in [0.25, 0.3) is 0 Å². The summed E-state index contributed by atoms with van der Waals surface area (Å²) < 4.78 is 1.95. The van der Waals surface area contributed by atoms with E-state index in [1.165, 1.54) is 0 Å². The largest absolute Gasteiger partial charge is 0.304 e. The Morgan fingerprint density at radius 3 is 3.20 bits per heavy atom. The minimum atomic E-state index is 0.894. The fourth-order valence-electron chi connectivity index (χ4n) is 0.928. The predicted octanol–water partition coefficient (Wildman–Crippen LogP) is 1.04. The molecular weight excluding hydrogens is 126 g/mol. The molecule has 0 atom stereocenters. The number of fused-ring (bicyclic) bond motifs is 1. The third-order valence-corrected chi connectivity index (χ3v) is 1.41. The van der Waals surface area contributed by atoms with Crippen molar-refractivity contribution in [3.05, 3.63) is 30.5 Å². The molecule has 10 heavy (non-hydrogen) atoms. The van der Waals surface area contributed by atoms with Crippen LogP contribution < -0.4 is 0 Å². The maximum absolute atomic E-state index is 4.10. The van der Waals surface area contributed by atoms with Crippen LogP contribution >= 0.6 is 0 Å². The molecule has 0 unspecified atom stereocenters. The number of hydrogen-bond donors (Lipinski definition) is 0. The van der Waals surface area contributed by atoms with Crippen molar-refractivity contribution >= 4 is 5.65 Å². The average Bonchev–Trinajstić information content (AvgIpc) is 2.33. The zero-order valence-corrected chi connectivity index (χ0v) is 5.65. The lowest BCUT2D eigenvalue weighted by Gasteiger charge is -1.92. The Morgan fingerprint density at radius 1 is 1.40 bits per heavy atom. The minimum absolute atomic E-state index is 0.894. The molecular formula is C7H7N3. The summed E-state index contributed by atoms with van der Waals surface area (Å²) in [7, 11) is 0. The lowest BCUT2D eigenvalue weighted by atomic mass is 10.5. The Labute approximate surface area is 58.4 Å². The molecule has 0 fully saturated rings. The zero-order chi connectivity index (χ0) is 6.97. The van der Waals surface area contributed by atoms with Crippen LogP contribution in [0.1, 0.15) is 5.69 Å². The molecule has 3 heteroatoms. The summed E-state index contributed by atoms with van der Waals surface area (Å²) >= 11 is 0. The van der Waals surface area contributed by atoms with Crippen LogP contribution in [0.5, 0.6) is 0 Å². The van der Waals surface area contributed by atoms with Crippen molar-refractivity contribution in [2.75, 3.05) is 0 Å². The van der Waals surface area contributed by atoms with Crippen LogP contribution in [0.4, 0.5) is 0 Å². The molecule has 0 aliphatic carbocycles. The number of rotatable bonds is 0. The summed E-state index contributed by atoms with van der Waals surface area (Å²) in [5, 5.41) is 0. The molecule has 50 valence electrons. The van der Waals surface area contributed by atoms with Crippen LogP contribution in [0.2, 0.25) is 0 Å². The zero-order valence-electron chi connectivity index (χ0n) is 5.65. The summed E-state index contributed by atoms with van der Waals surface area (Å²) in [5.74, 6) is 0. The van der Waals surface area contributed by atoms with Gasteiger partial charge in [0.1, 0.15) is 0 Å². The van der Waals surface area contributed by atoms with E-state index in [9.17, 15) is 0 Å². The van der Waals surface area contributed by atoms with Crippen molar-refractivity contribution in [2.24, 2.45) is 0 Å². The van der Waals surface area contributed by atoms with Gasteiger partial charge in [0.05, 0.1) is 11.9 Å². The number of imidazole rings is 1. The van der Waals surface area contributed by atoms with Crippen molar-refractivity contribution in [1.82, 2.24) is 14.4 Å². The van der Waals surface area contributed by atoms with Crippen molar-refractivity contribution in [3.63, 3.8) is 0 Å². The molecule has 0 saturated carbocycles. The quantitative estimate of drug-likeness (QED) is 0.537. The SMILES string of the molecule is Cc1cn2ccnc2cn1. The molecule has 0 aromatic carbocycles. The molecule has 0 amide bonds. The maximum atomic E-state index is 4.10. The smallest absolute Gasteiger partial charge is 0.155 e. The molecule has 0 aliphatic rings. The highest BCUT2D eigenvalue weighted by Crippen LogP contribution is 1.98. The topological polar surface area (TPSA) is 30.2 Å². The van der Waals surface area contributed by atoms with Gasteiger partial charge >= 0.3 is 0 Å². The van der Waals surface area contributed by atoms with Gasteiger partial charge in [0.15, 0.2) is 5.65 Å². The van der Waals surface area contributed by atoms with E-state index >= 15 is 0 Å². The molecule has 2 rings (SSSR count). The van der Waals surface area contributed by atoms with Crippen LogP contribution in [0.15, 0.2) is 24.8 Å². The molecule has 0 bridgehead atoms. The van der Waals surface area contributed by atoms with E-state index in [1.807, 2.05) is 23.7 Å². The third kappa shape index (κ3) is 0.673. The molecule has 2 heterocycles. The second-order valence-corrected chi connectivity index (χ2v) is 2.22. The van der Waals surface area contributed by atoms with Gasteiger partial charge in [-0.3, -0.25) is 4.98 Å². The van der Waals surface area contributed by atoms with E-state index < -0.39 is 0 Å². The van der Waals surface area contributed by atoms with Crippen molar-refractivity contribution < 1.29 is 0 Å². The molecule has 0 saturated heterocycles. The van der Waals surface area contributed by atoms with Gasteiger partial charge < -0.3 is 4.40 Å². The summed E-state index contributed by atoms with van der Waals surface area (Å²) in [6.07, 6.45) is 7.37. The molecule has 3 nitrogen and oxygen atoms in total. The number of hydrogen-bond acceptors (Lipinski definition) is 2. The van der Waals surface area contributed by atoms with Crippen LogP contribution in [-0.2, 0) is 0 Å². The molecule has 2 aromatic heterocycles. The van der Waals surface area contributed by atoms with E-state index in [2.05, 4.69) is 9.97 Å². The third-order valence-electron chi connectivity index (χ3n) is 1.41. The Morgan fingerprint density at radius 2 is 2.30 bits per heavy atom. The molecule has 0 radical (unpaired) electrons. The first-order valence-electron chi connectivity index (χ1n) is 3.11. The summed E-state index contributed by atoms with van der Waals surface area (Å²) in [6, 6.07) is 0. The van der Waals surface area contributed by atoms with E-state index in [-0.39, 0.29) is 0 Å². The van der Waals surface area contributed by atoms with Crippen molar-refractivity contribution in [2.45, 2.75) is 6.92 Å². The second kappa shape index (κ2) is 1.80. The fraction of sp³-hybridized carbons (Fsp3) is 0.143. The second-order valence-electron chi connectivity index (χ2n) is 2.22. The highest BCUT2D eigenvalue weighted by atomic mass is 15.0. The molecule has 2 aromatic rings. The lowest BCUT2D eigenvalue weighted by molar-refractivity contribution is 1.07. The summed E-state index contributed by atoms with van der Waals surface area (Å²) in [4.78, 5) is 8.16. The van der Waals surface area contributed by atoms with E-state index in [4.69, 9.17) is 0 Å². The molecule has 0 spiro atoms. The van der Waals surface area contributed by atoms with Gasteiger partial charge in [0.2, 0.25) is 0 Å². The normalized spacial score (nSPS) is 10.5. The van der Waals surface area contributed by atoms with Crippen molar-refractivity contribution in [1.29, 1.82) is 0 Å². The highest BCUT2D eigenvalue weighted by Gasteiger charge is 1.91. The minimum Gasteiger partial charge on any atom is -0.304 e.